The SMILES string of the molecule is CCCc1cccc(Oc2ccc(NC(=O)c3ccc(CC(C)OC)nc3C)cc2)c1. The molecule has 3 rings (SSSR count). The van der Waals surface area contributed by atoms with Gasteiger partial charge in [-0.1, -0.05) is 25.5 Å². The molecule has 0 bridgehead atoms. The van der Waals surface area contributed by atoms with E-state index in [1.54, 1.807) is 7.11 Å². The maximum atomic E-state index is 12.7. The lowest BCUT2D eigenvalue weighted by Gasteiger charge is -2.12. The van der Waals surface area contributed by atoms with E-state index in [1.807, 2.05) is 62.4 Å². The summed E-state index contributed by atoms with van der Waals surface area (Å²) in [4.78, 5) is 17.2. The van der Waals surface area contributed by atoms with Crippen LogP contribution in [-0.2, 0) is 17.6 Å². The molecule has 0 fully saturated rings. The molecule has 1 atom stereocenters. The van der Waals surface area contributed by atoms with E-state index < -0.39 is 0 Å². The van der Waals surface area contributed by atoms with E-state index in [4.69, 9.17) is 9.47 Å². The predicted octanol–water partition coefficient (Wildman–Crippen LogP) is 5.96. The average Bonchev–Trinajstić information content (AvgIpc) is 2.75. The van der Waals surface area contributed by atoms with E-state index in [1.165, 1.54) is 5.56 Å². The first-order valence-corrected chi connectivity index (χ1v) is 10.7. The van der Waals surface area contributed by atoms with Crippen molar-refractivity contribution in [2.75, 3.05) is 12.4 Å². The van der Waals surface area contributed by atoms with Gasteiger partial charge in [-0.15, -0.1) is 0 Å². The summed E-state index contributed by atoms with van der Waals surface area (Å²) in [5.74, 6) is 1.35. The van der Waals surface area contributed by atoms with Gasteiger partial charge >= 0.3 is 0 Å². The van der Waals surface area contributed by atoms with E-state index in [0.29, 0.717) is 23.4 Å². The van der Waals surface area contributed by atoms with Crippen LogP contribution in [0, 0.1) is 6.92 Å². The Morgan fingerprint density at radius 1 is 1.06 bits per heavy atom. The zero-order valence-electron chi connectivity index (χ0n) is 18.6. The van der Waals surface area contributed by atoms with Crippen molar-refractivity contribution >= 4 is 11.6 Å². The molecule has 0 saturated heterocycles. The van der Waals surface area contributed by atoms with E-state index >= 15 is 0 Å². The summed E-state index contributed by atoms with van der Waals surface area (Å²) >= 11 is 0. The number of anilines is 1. The third kappa shape index (κ3) is 6.40. The third-order valence-corrected chi connectivity index (χ3v) is 5.07. The second-order valence-corrected chi connectivity index (χ2v) is 7.66. The fourth-order valence-corrected chi connectivity index (χ4v) is 3.34. The van der Waals surface area contributed by atoms with Crippen molar-refractivity contribution in [1.82, 2.24) is 4.98 Å². The lowest BCUT2D eigenvalue weighted by molar-refractivity contribution is 0.102. The van der Waals surface area contributed by atoms with Crippen LogP contribution < -0.4 is 10.1 Å². The molecule has 0 saturated carbocycles. The molecular formula is C26H30N2O3. The number of pyridine rings is 1. The molecule has 1 aromatic heterocycles. The van der Waals surface area contributed by atoms with Gasteiger partial charge in [0.2, 0.25) is 0 Å². The molecular weight excluding hydrogens is 388 g/mol. The quantitative estimate of drug-likeness (QED) is 0.465. The lowest BCUT2D eigenvalue weighted by Crippen LogP contribution is -2.16. The van der Waals surface area contributed by atoms with Crippen molar-refractivity contribution in [3.63, 3.8) is 0 Å². The molecule has 0 aliphatic heterocycles. The number of carbonyl (C=O) groups excluding carboxylic acids is 1. The molecule has 1 unspecified atom stereocenters. The summed E-state index contributed by atoms with van der Waals surface area (Å²) < 4.78 is 11.2. The Morgan fingerprint density at radius 3 is 2.52 bits per heavy atom. The van der Waals surface area contributed by atoms with Crippen LogP contribution in [0.2, 0.25) is 0 Å². The molecule has 5 heteroatoms. The summed E-state index contributed by atoms with van der Waals surface area (Å²) in [5.41, 5.74) is 4.13. The highest BCUT2D eigenvalue weighted by atomic mass is 16.5. The molecule has 3 aromatic rings. The van der Waals surface area contributed by atoms with E-state index in [9.17, 15) is 4.79 Å². The Morgan fingerprint density at radius 2 is 1.84 bits per heavy atom. The van der Waals surface area contributed by atoms with Gasteiger partial charge in [-0.05, 0) is 74.4 Å². The van der Waals surface area contributed by atoms with Gasteiger partial charge in [-0.3, -0.25) is 9.78 Å². The fraction of sp³-hybridized carbons (Fsp3) is 0.308. The molecule has 162 valence electrons. The minimum Gasteiger partial charge on any atom is -0.457 e. The van der Waals surface area contributed by atoms with Crippen LogP contribution in [0.25, 0.3) is 0 Å². The Kier molecular flexibility index (Phi) is 7.79. The second-order valence-electron chi connectivity index (χ2n) is 7.66. The maximum Gasteiger partial charge on any atom is 0.257 e. The largest absolute Gasteiger partial charge is 0.457 e. The van der Waals surface area contributed by atoms with Gasteiger partial charge in [0.25, 0.3) is 5.91 Å². The molecule has 1 heterocycles. The molecule has 31 heavy (non-hydrogen) atoms. The van der Waals surface area contributed by atoms with Crippen molar-refractivity contribution in [1.29, 1.82) is 0 Å². The Labute approximate surface area is 184 Å². The summed E-state index contributed by atoms with van der Waals surface area (Å²) in [6.07, 6.45) is 2.92. The number of nitrogens with zero attached hydrogens (tertiary/aromatic N) is 1. The summed E-state index contributed by atoms with van der Waals surface area (Å²) in [5, 5.41) is 2.93. The van der Waals surface area contributed by atoms with Crippen LogP contribution in [0.3, 0.4) is 0 Å². The first-order valence-electron chi connectivity index (χ1n) is 10.7. The summed E-state index contributed by atoms with van der Waals surface area (Å²) in [6, 6.07) is 19.2. The molecule has 0 aliphatic rings. The van der Waals surface area contributed by atoms with Crippen LogP contribution in [0.5, 0.6) is 11.5 Å². The topological polar surface area (TPSA) is 60.5 Å². The van der Waals surface area contributed by atoms with Gasteiger partial charge in [-0.2, -0.15) is 0 Å². The first kappa shape index (κ1) is 22.5. The zero-order valence-corrected chi connectivity index (χ0v) is 18.6. The number of carbonyl (C=O) groups is 1. The average molecular weight is 419 g/mol. The minimum absolute atomic E-state index is 0.0847. The highest BCUT2D eigenvalue weighted by Crippen LogP contribution is 2.24. The van der Waals surface area contributed by atoms with Crippen LogP contribution in [0.4, 0.5) is 5.69 Å². The van der Waals surface area contributed by atoms with Crippen LogP contribution >= 0.6 is 0 Å². The zero-order chi connectivity index (χ0) is 22.2. The third-order valence-electron chi connectivity index (χ3n) is 5.07. The smallest absolute Gasteiger partial charge is 0.257 e. The minimum atomic E-state index is -0.183. The lowest BCUT2D eigenvalue weighted by atomic mass is 10.1. The molecule has 0 radical (unpaired) electrons. The fourth-order valence-electron chi connectivity index (χ4n) is 3.34. The van der Waals surface area contributed by atoms with Crippen LogP contribution in [0.15, 0.2) is 60.7 Å². The first-order chi connectivity index (χ1) is 15.0. The van der Waals surface area contributed by atoms with Gasteiger partial charge in [-0.25, -0.2) is 0 Å². The molecule has 2 aromatic carbocycles. The Balaban J connectivity index is 1.63. The highest BCUT2D eigenvalue weighted by Gasteiger charge is 2.12. The van der Waals surface area contributed by atoms with Crippen molar-refractivity contribution in [2.24, 2.45) is 0 Å². The number of hydrogen-bond donors (Lipinski definition) is 1. The van der Waals surface area contributed by atoms with Crippen LogP contribution in [0.1, 0.15) is 47.6 Å². The van der Waals surface area contributed by atoms with Gasteiger partial charge in [0.1, 0.15) is 11.5 Å². The van der Waals surface area contributed by atoms with E-state index in [-0.39, 0.29) is 12.0 Å². The van der Waals surface area contributed by atoms with Gasteiger partial charge in [0.15, 0.2) is 0 Å². The molecule has 0 spiro atoms. The number of rotatable bonds is 9. The maximum absolute atomic E-state index is 12.7. The number of nitrogens with one attached hydrogen (secondary N) is 1. The standard InChI is InChI=1S/C26H30N2O3/c1-5-7-20-8-6-9-24(17-20)31-23-13-10-21(11-14-23)28-26(29)25-15-12-22(27-19(25)3)16-18(2)30-4/h6,8-15,17-18H,5,7,16H2,1-4H3,(H,28,29). The van der Waals surface area contributed by atoms with Gasteiger partial charge in [0, 0.05) is 24.9 Å². The van der Waals surface area contributed by atoms with Crippen molar-refractivity contribution in [2.45, 2.75) is 46.1 Å². The Hall–Kier alpha value is -3.18. The number of aryl methyl sites for hydroxylation is 2. The number of methoxy groups -OCH3 is 1. The van der Waals surface area contributed by atoms with Crippen molar-refractivity contribution < 1.29 is 14.3 Å². The van der Waals surface area contributed by atoms with Crippen LogP contribution in [-0.4, -0.2) is 24.1 Å². The number of aromatic nitrogens is 1. The number of amides is 1. The molecule has 1 amide bonds. The van der Waals surface area contributed by atoms with Crippen molar-refractivity contribution in [3.05, 3.63) is 83.2 Å². The number of hydrogen-bond acceptors (Lipinski definition) is 4. The number of ether oxygens (including phenoxy) is 2. The normalized spacial score (nSPS) is 11.7. The summed E-state index contributed by atoms with van der Waals surface area (Å²) in [6.45, 7) is 6.00. The second kappa shape index (κ2) is 10.7. The van der Waals surface area contributed by atoms with E-state index in [0.717, 1.165) is 30.0 Å². The highest BCUT2D eigenvalue weighted by molar-refractivity contribution is 6.05. The Bertz CT molecular complexity index is 1020. The summed E-state index contributed by atoms with van der Waals surface area (Å²) in [7, 11) is 1.68. The molecule has 1 N–H and O–H groups in total. The van der Waals surface area contributed by atoms with Gasteiger partial charge < -0.3 is 14.8 Å². The molecule has 0 aliphatic carbocycles. The predicted molar refractivity (Wildman–Crippen MR) is 124 cm³/mol. The monoisotopic (exact) mass is 418 g/mol. The number of benzene rings is 2. The van der Waals surface area contributed by atoms with Crippen molar-refractivity contribution in [3.8, 4) is 11.5 Å². The molecule has 5 nitrogen and oxygen atoms in total. The van der Waals surface area contributed by atoms with Gasteiger partial charge in [0.05, 0.1) is 17.4 Å². The van der Waals surface area contributed by atoms with E-state index in [2.05, 4.69) is 29.4 Å².